The highest BCUT2D eigenvalue weighted by atomic mass is 16.5. The van der Waals surface area contributed by atoms with E-state index in [1.165, 1.54) is 24.8 Å². The van der Waals surface area contributed by atoms with Crippen molar-refractivity contribution >= 4 is 22.7 Å². The molecule has 0 saturated heterocycles. The molecule has 1 fully saturated rings. The Morgan fingerprint density at radius 1 is 0.921 bits per heavy atom. The van der Waals surface area contributed by atoms with Crippen LogP contribution in [0.3, 0.4) is 0 Å². The van der Waals surface area contributed by atoms with E-state index in [2.05, 4.69) is 47.6 Å². The molecule has 0 unspecified atom stereocenters. The Morgan fingerprint density at radius 3 is 2.45 bits per heavy atom. The van der Waals surface area contributed by atoms with Gasteiger partial charge in [-0.1, -0.05) is 26.0 Å². The Morgan fingerprint density at radius 2 is 1.68 bits per heavy atom. The second-order valence-electron chi connectivity index (χ2n) is 10.6. The third kappa shape index (κ3) is 7.73. The van der Waals surface area contributed by atoms with Crippen LogP contribution in [0.5, 0.6) is 11.5 Å². The maximum atomic E-state index is 5.98. The number of aromatic nitrogens is 2. The number of hydrogen-bond acceptors (Lipinski definition) is 7. The van der Waals surface area contributed by atoms with E-state index in [1.54, 1.807) is 0 Å². The summed E-state index contributed by atoms with van der Waals surface area (Å²) < 4.78 is 11.8. The third-order valence-electron chi connectivity index (χ3n) is 7.20. The Labute approximate surface area is 228 Å². The van der Waals surface area contributed by atoms with Crippen LogP contribution >= 0.6 is 0 Å². The standard InChI is InChI=1S/C31H45N5O2/c1-5-19-37-26-15-16-29(38-20-6-2)24(21-26)22-32-18-17-23-11-13-25(14-12-23)33-31-34-28-10-8-7-9-27(28)30(35-31)36(3)4/h7-10,15-16,21,23,25,32H,5-6,11-14,17-20,22H2,1-4H3,(H,33,34,35)/t23-,25+. The average Bonchev–Trinajstić information content (AvgIpc) is 2.94. The van der Waals surface area contributed by atoms with Crippen LogP contribution in [0.15, 0.2) is 42.5 Å². The van der Waals surface area contributed by atoms with Gasteiger partial charge in [0.1, 0.15) is 17.3 Å². The summed E-state index contributed by atoms with van der Waals surface area (Å²) in [6, 6.07) is 14.8. The number of rotatable bonds is 14. The second-order valence-corrected chi connectivity index (χ2v) is 10.6. The predicted molar refractivity (Wildman–Crippen MR) is 158 cm³/mol. The van der Waals surface area contributed by atoms with Gasteiger partial charge in [0.2, 0.25) is 5.95 Å². The largest absolute Gasteiger partial charge is 0.494 e. The number of nitrogens with zero attached hydrogens (tertiary/aromatic N) is 3. The summed E-state index contributed by atoms with van der Waals surface area (Å²) in [5.74, 6) is 4.34. The van der Waals surface area contributed by atoms with Gasteiger partial charge >= 0.3 is 0 Å². The Bertz CT molecular complexity index is 1140. The zero-order valence-corrected chi connectivity index (χ0v) is 23.6. The molecule has 1 aromatic heterocycles. The molecule has 4 rings (SSSR count). The molecule has 1 aliphatic rings. The number of ether oxygens (including phenoxy) is 2. The fourth-order valence-electron chi connectivity index (χ4n) is 5.13. The lowest BCUT2D eigenvalue weighted by Gasteiger charge is -2.29. The lowest BCUT2D eigenvalue weighted by molar-refractivity contribution is 0.303. The molecule has 1 heterocycles. The molecule has 38 heavy (non-hydrogen) atoms. The maximum Gasteiger partial charge on any atom is 0.225 e. The van der Waals surface area contributed by atoms with E-state index in [1.807, 2.05) is 38.4 Å². The minimum absolute atomic E-state index is 0.430. The average molecular weight is 520 g/mol. The van der Waals surface area contributed by atoms with Crippen LogP contribution in [0.1, 0.15) is 64.4 Å². The third-order valence-corrected chi connectivity index (χ3v) is 7.20. The first-order chi connectivity index (χ1) is 18.6. The Hall–Kier alpha value is -3.06. The van der Waals surface area contributed by atoms with Crippen LogP contribution < -0.4 is 25.0 Å². The summed E-state index contributed by atoms with van der Waals surface area (Å²) in [7, 11) is 4.07. The summed E-state index contributed by atoms with van der Waals surface area (Å²) in [5, 5.41) is 8.37. The van der Waals surface area contributed by atoms with Crippen molar-refractivity contribution in [2.24, 2.45) is 5.92 Å². The van der Waals surface area contributed by atoms with E-state index >= 15 is 0 Å². The van der Waals surface area contributed by atoms with E-state index in [0.29, 0.717) is 6.04 Å². The van der Waals surface area contributed by atoms with Gasteiger partial charge in [-0.2, -0.15) is 4.98 Å². The summed E-state index contributed by atoms with van der Waals surface area (Å²) >= 11 is 0. The van der Waals surface area contributed by atoms with E-state index in [0.717, 1.165) is 92.1 Å². The molecular weight excluding hydrogens is 474 g/mol. The van der Waals surface area contributed by atoms with Crippen LogP contribution in [0.4, 0.5) is 11.8 Å². The van der Waals surface area contributed by atoms with Crippen molar-refractivity contribution in [1.82, 2.24) is 15.3 Å². The molecule has 1 saturated carbocycles. The van der Waals surface area contributed by atoms with Gasteiger partial charge in [-0.25, -0.2) is 4.98 Å². The van der Waals surface area contributed by atoms with Crippen LogP contribution in [0.2, 0.25) is 0 Å². The summed E-state index contributed by atoms with van der Waals surface area (Å²) in [5.41, 5.74) is 2.16. The van der Waals surface area contributed by atoms with Gasteiger partial charge in [-0.05, 0) is 87.7 Å². The topological polar surface area (TPSA) is 71.5 Å². The number of fused-ring (bicyclic) bond motifs is 1. The van der Waals surface area contributed by atoms with E-state index in [4.69, 9.17) is 19.4 Å². The van der Waals surface area contributed by atoms with Gasteiger partial charge in [0, 0.05) is 37.6 Å². The highest BCUT2D eigenvalue weighted by Gasteiger charge is 2.22. The number of hydrogen-bond donors (Lipinski definition) is 2. The van der Waals surface area contributed by atoms with Crippen molar-refractivity contribution in [1.29, 1.82) is 0 Å². The van der Waals surface area contributed by atoms with Crippen LogP contribution in [0, 0.1) is 5.92 Å². The molecule has 7 nitrogen and oxygen atoms in total. The fourth-order valence-corrected chi connectivity index (χ4v) is 5.13. The molecule has 0 aliphatic heterocycles. The molecule has 0 radical (unpaired) electrons. The predicted octanol–water partition coefficient (Wildman–Crippen LogP) is 6.42. The normalized spacial score (nSPS) is 17.4. The van der Waals surface area contributed by atoms with Gasteiger partial charge in [0.25, 0.3) is 0 Å². The molecule has 0 amide bonds. The van der Waals surface area contributed by atoms with E-state index in [-0.39, 0.29) is 0 Å². The molecule has 206 valence electrons. The molecule has 1 aliphatic carbocycles. The Kier molecular flexibility index (Phi) is 10.4. The van der Waals surface area contributed by atoms with Crippen LogP contribution in [-0.2, 0) is 6.54 Å². The van der Waals surface area contributed by atoms with Gasteiger partial charge in [-0.3, -0.25) is 0 Å². The molecule has 2 N–H and O–H groups in total. The zero-order chi connectivity index (χ0) is 26.7. The molecular formula is C31H45N5O2. The summed E-state index contributed by atoms with van der Waals surface area (Å²) in [4.78, 5) is 11.7. The molecule has 7 heteroatoms. The van der Waals surface area contributed by atoms with Crippen LogP contribution in [-0.4, -0.2) is 49.9 Å². The highest BCUT2D eigenvalue weighted by Crippen LogP contribution is 2.30. The quantitative estimate of drug-likeness (QED) is 0.238. The first kappa shape index (κ1) is 28.0. The lowest BCUT2D eigenvalue weighted by Crippen LogP contribution is -2.28. The Balaban J connectivity index is 1.24. The molecule has 0 atom stereocenters. The van der Waals surface area contributed by atoms with E-state index < -0.39 is 0 Å². The minimum Gasteiger partial charge on any atom is -0.494 e. The number of benzene rings is 2. The van der Waals surface area contributed by atoms with Crippen LogP contribution in [0.25, 0.3) is 10.9 Å². The molecule has 3 aromatic rings. The smallest absolute Gasteiger partial charge is 0.225 e. The number of para-hydroxylation sites is 1. The minimum atomic E-state index is 0.430. The highest BCUT2D eigenvalue weighted by molar-refractivity contribution is 5.90. The first-order valence-electron chi connectivity index (χ1n) is 14.4. The maximum absolute atomic E-state index is 5.98. The van der Waals surface area contributed by atoms with E-state index in [9.17, 15) is 0 Å². The van der Waals surface area contributed by atoms with Gasteiger partial charge in [0.05, 0.1) is 18.7 Å². The van der Waals surface area contributed by atoms with Crippen molar-refractivity contribution in [2.75, 3.05) is 44.1 Å². The van der Waals surface area contributed by atoms with Crippen molar-refractivity contribution < 1.29 is 9.47 Å². The van der Waals surface area contributed by atoms with Crippen molar-refractivity contribution in [2.45, 2.75) is 71.4 Å². The number of nitrogens with one attached hydrogen (secondary N) is 2. The zero-order valence-electron chi connectivity index (χ0n) is 23.6. The first-order valence-corrected chi connectivity index (χ1v) is 14.4. The van der Waals surface area contributed by atoms with Gasteiger partial charge in [0.15, 0.2) is 0 Å². The molecule has 2 aromatic carbocycles. The summed E-state index contributed by atoms with van der Waals surface area (Å²) in [6.45, 7) is 7.55. The molecule has 0 spiro atoms. The lowest BCUT2D eigenvalue weighted by atomic mass is 9.84. The second kappa shape index (κ2) is 14.2. The SMILES string of the molecule is CCCOc1ccc(OCCC)c(CNCC[C@H]2CC[C@@H](Nc3nc(N(C)C)c4ccccc4n3)CC2)c1. The number of anilines is 2. The fraction of sp³-hybridized carbons (Fsp3) is 0.548. The van der Waals surface area contributed by atoms with Crippen molar-refractivity contribution in [3.05, 3.63) is 48.0 Å². The monoisotopic (exact) mass is 519 g/mol. The van der Waals surface area contributed by atoms with Crippen molar-refractivity contribution in [3.8, 4) is 11.5 Å². The molecule has 0 bridgehead atoms. The van der Waals surface area contributed by atoms with Gasteiger partial charge < -0.3 is 25.0 Å². The summed E-state index contributed by atoms with van der Waals surface area (Å²) in [6.07, 6.45) is 7.99. The van der Waals surface area contributed by atoms with Crippen molar-refractivity contribution in [3.63, 3.8) is 0 Å². The van der Waals surface area contributed by atoms with Gasteiger partial charge in [-0.15, -0.1) is 0 Å².